The third kappa shape index (κ3) is 6.09. The summed E-state index contributed by atoms with van der Waals surface area (Å²) in [6, 6.07) is 13.2. The van der Waals surface area contributed by atoms with Crippen LogP contribution in [-0.4, -0.2) is 68.1 Å². The molecule has 4 rings (SSSR count). The molecule has 0 spiro atoms. The van der Waals surface area contributed by atoms with Gasteiger partial charge in [-0.25, -0.2) is 9.40 Å². The van der Waals surface area contributed by atoms with Gasteiger partial charge in [0.15, 0.2) is 0 Å². The van der Waals surface area contributed by atoms with Crippen LogP contribution in [0.1, 0.15) is 30.5 Å². The Balaban J connectivity index is 1.50. The second kappa shape index (κ2) is 11.5. The maximum Gasteiger partial charge on any atom is 0.240 e. The fraction of sp³-hybridized carbons (Fsp3) is 0.292. The number of nitrogens with one attached hydrogen (secondary N) is 3. The van der Waals surface area contributed by atoms with Crippen LogP contribution in [-0.2, 0) is 4.79 Å². The van der Waals surface area contributed by atoms with Crippen molar-refractivity contribution in [1.82, 2.24) is 20.0 Å². The van der Waals surface area contributed by atoms with Crippen LogP contribution >= 0.6 is 0 Å². The van der Waals surface area contributed by atoms with Crippen LogP contribution in [0, 0.1) is 5.82 Å². The van der Waals surface area contributed by atoms with Gasteiger partial charge in [-0.05, 0) is 35.4 Å². The molecule has 5 N–H and O–H groups in total. The van der Waals surface area contributed by atoms with Crippen molar-refractivity contribution in [2.45, 2.75) is 19.4 Å². The quantitative estimate of drug-likeness (QED) is 0.286. The van der Waals surface area contributed by atoms with Crippen LogP contribution in [0.4, 0.5) is 27.9 Å². The van der Waals surface area contributed by atoms with E-state index in [1.165, 1.54) is 24.1 Å². The lowest BCUT2D eigenvalue weighted by atomic mass is 9.98. The predicted molar refractivity (Wildman–Crippen MR) is 134 cm³/mol. The fourth-order valence-corrected chi connectivity index (χ4v) is 3.72. The molecule has 0 saturated heterocycles. The summed E-state index contributed by atoms with van der Waals surface area (Å²) in [5, 5.41) is 33.0. The molecule has 11 nitrogen and oxygen atoms in total. The van der Waals surface area contributed by atoms with Crippen molar-refractivity contribution in [1.29, 1.82) is 0 Å². The van der Waals surface area contributed by atoms with E-state index in [4.69, 9.17) is 10.2 Å². The van der Waals surface area contributed by atoms with E-state index in [0.29, 0.717) is 12.1 Å². The molecule has 1 amide bonds. The Hall–Kier alpha value is -4.16. The standard InChI is InChI=1S/C24H27FN8O3/c1-15(36)33-21(17-2-6-18(25)7-3-17)14-20(32-33)16-4-8-19(9-5-16)28-24-30-22(26-10-12-34)29-23(31-24)27-11-13-35/h2-9,21,34-35H,10-14H2,1H3,(H3,26,27,28,29,30,31). The van der Waals surface area contributed by atoms with E-state index in [2.05, 4.69) is 36.0 Å². The third-order valence-electron chi connectivity index (χ3n) is 5.39. The highest BCUT2D eigenvalue weighted by Crippen LogP contribution is 2.33. The van der Waals surface area contributed by atoms with Gasteiger partial charge in [0.05, 0.1) is 25.0 Å². The van der Waals surface area contributed by atoms with Gasteiger partial charge < -0.3 is 26.2 Å². The molecule has 0 bridgehead atoms. The van der Waals surface area contributed by atoms with Crippen molar-refractivity contribution in [2.24, 2.45) is 5.10 Å². The summed E-state index contributed by atoms with van der Waals surface area (Å²) in [5.41, 5.74) is 3.12. The molecule has 1 atom stereocenters. The average molecular weight is 495 g/mol. The number of carbonyl (C=O) groups is 1. The molecule has 1 unspecified atom stereocenters. The first-order chi connectivity index (χ1) is 17.5. The molecule has 0 aliphatic carbocycles. The van der Waals surface area contributed by atoms with E-state index in [9.17, 15) is 9.18 Å². The van der Waals surface area contributed by atoms with Crippen LogP contribution in [0.2, 0.25) is 0 Å². The predicted octanol–water partition coefficient (Wildman–Crippen LogP) is 2.26. The summed E-state index contributed by atoms with van der Waals surface area (Å²) in [4.78, 5) is 25.0. The molecule has 0 radical (unpaired) electrons. The summed E-state index contributed by atoms with van der Waals surface area (Å²) in [6.07, 6.45) is 0.505. The number of hydrogen-bond acceptors (Lipinski definition) is 10. The van der Waals surface area contributed by atoms with Gasteiger partial charge in [0.25, 0.3) is 0 Å². The van der Waals surface area contributed by atoms with Gasteiger partial charge in [0.1, 0.15) is 5.82 Å². The fourth-order valence-electron chi connectivity index (χ4n) is 3.72. The molecule has 0 saturated carbocycles. The van der Waals surface area contributed by atoms with Crippen molar-refractivity contribution in [2.75, 3.05) is 42.3 Å². The molecule has 1 aromatic heterocycles. The van der Waals surface area contributed by atoms with Gasteiger partial charge in [-0.1, -0.05) is 24.3 Å². The summed E-state index contributed by atoms with van der Waals surface area (Å²) < 4.78 is 13.4. The molecular weight excluding hydrogens is 467 g/mol. The summed E-state index contributed by atoms with van der Waals surface area (Å²) in [6.45, 7) is 1.84. The van der Waals surface area contributed by atoms with Crippen LogP contribution in [0.25, 0.3) is 0 Å². The first kappa shape index (κ1) is 24.9. The number of amides is 1. The van der Waals surface area contributed by atoms with E-state index in [-0.39, 0.29) is 61.9 Å². The lowest BCUT2D eigenvalue weighted by Gasteiger charge is -2.20. The molecule has 188 valence electrons. The number of nitrogens with zero attached hydrogens (tertiary/aromatic N) is 5. The number of aliphatic hydroxyl groups excluding tert-OH is 2. The van der Waals surface area contributed by atoms with E-state index in [1.807, 2.05) is 24.3 Å². The van der Waals surface area contributed by atoms with Crippen LogP contribution < -0.4 is 16.0 Å². The number of benzene rings is 2. The monoisotopic (exact) mass is 494 g/mol. The minimum Gasteiger partial charge on any atom is -0.395 e. The minimum absolute atomic E-state index is 0.0811. The van der Waals surface area contributed by atoms with E-state index in [1.54, 1.807) is 12.1 Å². The van der Waals surface area contributed by atoms with Gasteiger partial charge in [0, 0.05) is 32.1 Å². The molecule has 12 heteroatoms. The Morgan fingerprint density at radius 3 is 2.08 bits per heavy atom. The number of halogens is 1. The maximum atomic E-state index is 13.4. The highest BCUT2D eigenvalue weighted by Gasteiger charge is 2.31. The molecule has 0 fully saturated rings. The number of anilines is 4. The van der Waals surface area contributed by atoms with Gasteiger partial charge >= 0.3 is 0 Å². The lowest BCUT2D eigenvalue weighted by molar-refractivity contribution is -0.130. The first-order valence-corrected chi connectivity index (χ1v) is 11.4. The second-order valence-corrected chi connectivity index (χ2v) is 7.99. The Bertz CT molecular complexity index is 1190. The summed E-state index contributed by atoms with van der Waals surface area (Å²) in [7, 11) is 0. The van der Waals surface area contributed by atoms with Gasteiger partial charge in [-0.2, -0.15) is 20.1 Å². The Morgan fingerprint density at radius 1 is 0.944 bits per heavy atom. The van der Waals surface area contributed by atoms with Crippen molar-refractivity contribution in [3.8, 4) is 0 Å². The van der Waals surface area contributed by atoms with Gasteiger partial charge in [0.2, 0.25) is 23.8 Å². The highest BCUT2D eigenvalue weighted by molar-refractivity contribution is 6.03. The lowest BCUT2D eigenvalue weighted by Crippen LogP contribution is -2.24. The zero-order valence-electron chi connectivity index (χ0n) is 19.6. The number of aromatic nitrogens is 3. The van der Waals surface area contributed by atoms with Crippen molar-refractivity contribution in [3.05, 3.63) is 65.5 Å². The zero-order valence-corrected chi connectivity index (χ0v) is 19.6. The topological polar surface area (TPSA) is 148 Å². The van der Waals surface area contributed by atoms with Crippen LogP contribution in [0.5, 0.6) is 0 Å². The van der Waals surface area contributed by atoms with Crippen molar-refractivity contribution in [3.63, 3.8) is 0 Å². The SMILES string of the molecule is CC(=O)N1N=C(c2ccc(Nc3nc(NCCO)nc(NCCO)n3)cc2)CC1c1ccc(F)cc1. The molecule has 36 heavy (non-hydrogen) atoms. The molecule has 1 aliphatic rings. The summed E-state index contributed by atoms with van der Waals surface area (Å²) in [5.74, 6) is 0.297. The van der Waals surface area contributed by atoms with E-state index < -0.39 is 0 Å². The Labute approximate surface area is 207 Å². The normalized spacial score (nSPS) is 14.9. The molecule has 3 aromatic rings. The van der Waals surface area contributed by atoms with E-state index >= 15 is 0 Å². The molecule has 2 aromatic carbocycles. The molecular formula is C24H27FN8O3. The van der Waals surface area contributed by atoms with Crippen LogP contribution in [0.15, 0.2) is 53.6 Å². The largest absolute Gasteiger partial charge is 0.395 e. The molecule has 2 heterocycles. The Kier molecular flexibility index (Phi) is 7.98. The average Bonchev–Trinajstić information content (AvgIpc) is 3.33. The van der Waals surface area contributed by atoms with Crippen molar-refractivity contribution >= 4 is 35.2 Å². The van der Waals surface area contributed by atoms with E-state index in [0.717, 1.165) is 16.8 Å². The zero-order chi connectivity index (χ0) is 25.5. The van der Waals surface area contributed by atoms with Gasteiger partial charge in [-0.15, -0.1) is 0 Å². The third-order valence-corrected chi connectivity index (χ3v) is 5.39. The van der Waals surface area contributed by atoms with Crippen LogP contribution in [0.3, 0.4) is 0 Å². The highest BCUT2D eigenvalue weighted by atomic mass is 19.1. The summed E-state index contributed by atoms with van der Waals surface area (Å²) >= 11 is 0. The minimum atomic E-state index is -0.332. The Morgan fingerprint density at radius 2 is 1.53 bits per heavy atom. The van der Waals surface area contributed by atoms with Gasteiger partial charge in [-0.3, -0.25) is 4.79 Å². The number of aliphatic hydroxyl groups is 2. The maximum absolute atomic E-state index is 13.4. The number of hydrogen-bond donors (Lipinski definition) is 5. The first-order valence-electron chi connectivity index (χ1n) is 11.4. The smallest absolute Gasteiger partial charge is 0.240 e. The van der Waals surface area contributed by atoms with Crippen molar-refractivity contribution < 1.29 is 19.4 Å². The number of carbonyl (C=O) groups excluding carboxylic acids is 1. The number of rotatable bonds is 10. The second-order valence-electron chi connectivity index (χ2n) is 7.99. The number of hydrazone groups is 1. The molecule has 1 aliphatic heterocycles.